The summed E-state index contributed by atoms with van der Waals surface area (Å²) in [6, 6.07) is 0. The molecule has 6 unspecified atom stereocenters. The van der Waals surface area contributed by atoms with Crippen LogP contribution in [0.3, 0.4) is 0 Å². The van der Waals surface area contributed by atoms with Gasteiger partial charge in [0.2, 0.25) is 0 Å². The number of hydrogen-bond donors (Lipinski definition) is 6. The highest BCUT2D eigenvalue weighted by Gasteiger charge is 2.51. The number of aliphatic hydroxyl groups excluding tert-OH is 5. The van der Waals surface area contributed by atoms with Crippen LogP contribution in [-0.2, 0) is 27.9 Å². The van der Waals surface area contributed by atoms with Crippen molar-refractivity contribution >= 4 is 13.8 Å². The van der Waals surface area contributed by atoms with Gasteiger partial charge in [-0.25, -0.2) is 4.57 Å². The molecule has 6 atom stereocenters. The van der Waals surface area contributed by atoms with Crippen molar-refractivity contribution in [2.24, 2.45) is 0 Å². The Bertz CT molecular complexity index is 1450. The highest BCUT2D eigenvalue weighted by Crippen LogP contribution is 2.47. The van der Waals surface area contributed by atoms with E-state index in [1.54, 1.807) is 0 Å². The van der Waals surface area contributed by atoms with Gasteiger partial charge in [-0.05, 0) is 89.9 Å². The maximum Gasteiger partial charge on any atom is 0.472 e. The van der Waals surface area contributed by atoms with Gasteiger partial charge in [0, 0.05) is 13.0 Å². The topological polar surface area (TPSA) is 192 Å². The minimum Gasteiger partial charge on any atom is -0.457 e. The van der Waals surface area contributed by atoms with Crippen molar-refractivity contribution in [1.29, 1.82) is 0 Å². The molecule has 378 valence electrons. The van der Waals surface area contributed by atoms with E-state index >= 15 is 0 Å². The van der Waals surface area contributed by atoms with Crippen LogP contribution in [0.5, 0.6) is 0 Å². The van der Waals surface area contributed by atoms with Crippen LogP contribution in [0.4, 0.5) is 0 Å². The second kappa shape index (κ2) is 42.4. The Hall–Kier alpha value is -2.74. The third-order valence-electron chi connectivity index (χ3n) is 10.9. The lowest BCUT2D eigenvalue weighted by Crippen LogP contribution is -2.64. The number of allylic oxidation sites excluding steroid dienone is 16. The number of carbonyl (C=O) groups is 1. The second-order valence-corrected chi connectivity index (χ2v) is 18.3. The van der Waals surface area contributed by atoms with Crippen molar-refractivity contribution < 1.29 is 58.3 Å². The summed E-state index contributed by atoms with van der Waals surface area (Å²) in [5.41, 5.74) is 0. The third-order valence-corrected chi connectivity index (χ3v) is 11.9. The number of aliphatic hydroxyl groups is 5. The third kappa shape index (κ3) is 33.7. The fourth-order valence-corrected chi connectivity index (χ4v) is 7.96. The zero-order valence-electron chi connectivity index (χ0n) is 40.5. The van der Waals surface area contributed by atoms with Gasteiger partial charge in [0.05, 0.1) is 13.2 Å². The molecule has 1 rings (SSSR count). The Morgan fingerprint density at radius 2 is 0.894 bits per heavy atom. The first-order valence-electron chi connectivity index (χ1n) is 25.1. The van der Waals surface area contributed by atoms with Crippen molar-refractivity contribution in [2.75, 3.05) is 19.8 Å². The Morgan fingerprint density at radius 1 is 0.500 bits per heavy atom. The molecule has 0 aromatic carbocycles. The summed E-state index contributed by atoms with van der Waals surface area (Å²) in [6.07, 6.45) is 46.2. The molecule has 0 spiro atoms. The summed E-state index contributed by atoms with van der Waals surface area (Å²) in [5, 5.41) is 50.3. The SMILES string of the molecule is CC/C=C\C/C=C\C/C=C\C/C=C\C/C=C\C/C=C\C/C=C\CCCC(=O)OC(COCCCCCCCC/C=C\CCCCCCCC)COP(=O)(O)OC1C(O)C(O)C(O)C(O)C1O. The lowest BCUT2D eigenvalue weighted by Gasteiger charge is -2.41. The lowest BCUT2D eigenvalue weighted by molar-refractivity contribution is -0.220. The molecule has 1 aliphatic carbocycles. The first kappa shape index (κ1) is 61.3. The van der Waals surface area contributed by atoms with Crippen LogP contribution in [0.2, 0.25) is 0 Å². The summed E-state index contributed by atoms with van der Waals surface area (Å²) in [6.45, 7) is 4.06. The molecule has 66 heavy (non-hydrogen) atoms. The molecule has 6 N–H and O–H groups in total. The largest absolute Gasteiger partial charge is 0.472 e. The first-order chi connectivity index (χ1) is 32.0. The minimum absolute atomic E-state index is 0.0987. The van der Waals surface area contributed by atoms with E-state index in [1.165, 1.54) is 57.8 Å². The number of rotatable bonds is 41. The number of unbranched alkanes of at least 4 members (excludes halogenated alkanes) is 13. The van der Waals surface area contributed by atoms with Crippen LogP contribution in [0.15, 0.2) is 97.2 Å². The first-order valence-corrected chi connectivity index (χ1v) is 26.6. The van der Waals surface area contributed by atoms with Crippen LogP contribution in [0.1, 0.15) is 168 Å². The molecule has 1 fully saturated rings. The molecule has 0 amide bonds. The number of hydrogen-bond acceptors (Lipinski definition) is 11. The van der Waals surface area contributed by atoms with Gasteiger partial charge >= 0.3 is 13.8 Å². The summed E-state index contributed by atoms with van der Waals surface area (Å²) in [4.78, 5) is 23.2. The van der Waals surface area contributed by atoms with Gasteiger partial charge in [0.1, 0.15) is 42.7 Å². The highest BCUT2D eigenvalue weighted by molar-refractivity contribution is 7.47. The Balaban J connectivity index is 2.42. The molecule has 1 saturated carbocycles. The monoisotopic (exact) mass is 949 g/mol. The molecular formula is C53H89O12P. The lowest BCUT2D eigenvalue weighted by atomic mass is 9.85. The number of esters is 1. The minimum atomic E-state index is -5.05. The van der Waals surface area contributed by atoms with Crippen LogP contribution in [-0.4, -0.2) is 98.9 Å². The average Bonchev–Trinajstić information content (AvgIpc) is 3.30. The quantitative estimate of drug-likeness (QED) is 0.0147. The van der Waals surface area contributed by atoms with Crippen LogP contribution in [0, 0.1) is 0 Å². The van der Waals surface area contributed by atoms with E-state index in [0.717, 1.165) is 77.0 Å². The van der Waals surface area contributed by atoms with Gasteiger partial charge in [0.25, 0.3) is 0 Å². The number of ether oxygens (including phenoxy) is 2. The Labute approximate surface area is 398 Å². The normalized spacial score (nSPS) is 22.2. The highest BCUT2D eigenvalue weighted by atomic mass is 31.2. The van der Waals surface area contributed by atoms with Gasteiger partial charge in [-0.15, -0.1) is 0 Å². The maximum absolute atomic E-state index is 12.8. The molecule has 0 bridgehead atoms. The van der Waals surface area contributed by atoms with Gasteiger partial charge in [-0.1, -0.05) is 169 Å². The summed E-state index contributed by atoms with van der Waals surface area (Å²) >= 11 is 0. The van der Waals surface area contributed by atoms with Crippen molar-refractivity contribution in [3.63, 3.8) is 0 Å². The van der Waals surface area contributed by atoms with Gasteiger partial charge in [0.15, 0.2) is 0 Å². The molecule has 12 nitrogen and oxygen atoms in total. The van der Waals surface area contributed by atoms with Crippen LogP contribution >= 0.6 is 7.82 Å². The van der Waals surface area contributed by atoms with Crippen molar-refractivity contribution in [3.8, 4) is 0 Å². The van der Waals surface area contributed by atoms with Crippen molar-refractivity contribution in [1.82, 2.24) is 0 Å². The van der Waals surface area contributed by atoms with E-state index in [0.29, 0.717) is 19.4 Å². The van der Waals surface area contributed by atoms with E-state index in [9.17, 15) is 39.8 Å². The van der Waals surface area contributed by atoms with E-state index in [4.69, 9.17) is 18.5 Å². The van der Waals surface area contributed by atoms with E-state index in [1.807, 2.05) is 12.2 Å². The number of phosphoric acid groups is 1. The van der Waals surface area contributed by atoms with E-state index in [2.05, 4.69) is 98.9 Å². The summed E-state index contributed by atoms with van der Waals surface area (Å²) in [5.74, 6) is -0.540. The molecule has 0 radical (unpaired) electrons. The van der Waals surface area contributed by atoms with E-state index < -0.39 is 63.1 Å². The zero-order valence-corrected chi connectivity index (χ0v) is 41.3. The van der Waals surface area contributed by atoms with Crippen LogP contribution in [0.25, 0.3) is 0 Å². The molecule has 0 saturated heterocycles. The van der Waals surface area contributed by atoms with Crippen molar-refractivity contribution in [2.45, 2.75) is 211 Å². The molecule has 0 aromatic heterocycles. The smallest absolute Gasteiger partial charge is 0.457 e. The number of carbonyl (C=O) groups excluding carboxylic acids is 1. The average molecular weight is 949 g/mol. The fourth-order valence-electron chi connectivity index (χ4n) is 6.99. The zero-order chi connectivity index (χ0) is 48.4. The Morgan fingerprint density at radius 3 is 1.38 bits per heavy atom. The fraction of sp³-hybridized carbons (Fsp3) is 0.679. The second-order valence-electron chi connectivity index (χ2n) is 16.9. The summed E-state index contributed by atoms with van der Waals surface area (Å²) < 4.78 is 34.2. The molecule has 13 heteroatoms. The van der Waals surface area contributed by atoms with E-state index in [-0.39, 0.29) is 13.0 Å². The summed E-state index contributed by atoms with van der Waals surface area (Å²) in [7, 11) is -5.05. The van der Waals surface area contributed by atoms with Gasteiger partial charge in [-0.3, -0.25) is 13.8 Å². The molecule has 0 aliphatic heterocycles. The van der Waals surface area contributed by atoms with Crippen molar-refractivity contribution in [3.05, 3.63) is 97.2 Å². The maximum atomic E-state index is 12.8. The van der Waals surface area contributed by atoms with Gasteiger partial charge in [-0.2, -0.15) is 0 Å². The molecule has 1 aliphatic rings. The molecule has 0 aromatic rings. The molecule has 0 heterocycles. The van der Waals surface area contributed by atoms with Gasteiger partial charge < -0.3 is 39.9 Å². The van der Waals surface area contributed by atoms with Crippen LogP contribution < -0.4 is 0 Å². The predicted molar refractivity (Wildman–Crippen MR) is 267 cm³/mol. The Kier molecular flexibility index (Phi) is 39.3. The molecular weight excluding hydrogens is 860 g/mol. The standard InChI is InChI=1S/C53H89O12P/c1-3-5-7-9-11-13-15-17-19-21-22-23-24-25-26-27-28-30-32-34-36-38-40-42-47(54)64-46(45-63-66(60,61)65-53-51(58)49(56)48(55)50(57)52(53)59)44-62-43-41-39-37-35-33-31-29-20-18-16-14-12-10-8-6-4-2/h5,7,11,13,17-20,22-23,25-26,28,30,34,36,46,48-53,55-59H,3-4,6,8-10,12,14-16,21,24,27,29,31-33,35,37-45H2,1-2H3,(H,60,61)/b7-5-,13-11-,19-17-,20-18-,23-22-,26-25-,30-28-,36-34-. The predicted octanol–water partition coefficient (Wildman–Crippen LogP) is 11.1. The number of phosphoric ester groups is 1.